The summed E-state index contributed by atoms with van der Waals surface area (Å²) in [5, 5.41) is 5.67. The lowest BCUT2D eigenvalue weighted by atomic mass is 9.81. The zero-order valence-corrected chi connectivity index (χ0v) is 11.9. The van der Waals surface area contributed by atoms with Crippen LogP contribution in [0.15, 0.2) is 42.5 Å². The van der Waals surface area contributed by atoms with Gasteiger partial charge in [-0.3, -0.25) is 4.79 Å². The molecule has 0 spiro atoms. The van der Waals surface area contributed by atoms with Crippen LogP contribution >= 0.6 is 0 Å². The Hall–Kier alpha value is -1.67. The minimum absolute atomic E-state index is 0.209. The van der Waals surface area contributed by atoms with Crippen LogP contribution in [0.1, 0.15) is 36.0 Å². The summed E-state index contributed by atoms with van der Waals surface area (Å²) in [6, 6.07) is 14.9. The number of carbonyl (C=O) groups is 1. The second-order valence-corrected chi connectivity index (χ2v) is 5.76. The van der Waals surface area contributed by atoms with E-state index < -0.39 is 0 Å². The fourth-order valence-electron chi connectivity index (χ4n) is 3.22. The van der Waals surface area contributed by atoms with E-state index in [1.54, 1.807) is 0 Å². The first-order valence-electron chi connectivity index (χ1n) is 7.48. The van der Waals surface area contributed by atoms with Gasteiger partial charge in [0.05, 0.1) is 0 Å². The first kappa shape index (κ1) is 13.3. The van der Waals surface area contributed by atoms with Gasteiger partial charge in [0.1, 0.15) is 0 Å². The first-order valence-corrected chi connectivity index (χ1v) is 7.48. The van der Waals surface area contributed by atoms with Crippen molar-refractivity contribution in [1.29, 1.82) is 0 Å². The van der Waals surface area contributed by atoms with Crippen LogP contribution in [0.5, 0.6) is 0 Å². The number of ketones is 1. The molecule has 2 nitrogen and oxygen atoms in total. The molecule has 2 aromatic rings. The van der Waals surface area contributed by atoms with Crippen molar-refractivity contribution in [3.8, 4) is 0 Å². The number of nitrogens with one attached hydrogen (secondary N) is 1. The number of benzene rings is 2. The number of fused-ring (bicyclic) bond motifs is 1. The molecule has 0 aliphatic heterocycles. The molecular weight excluding hydrogens is 246 g/mol. The maximum absolute atomic E-state index is 12.6. The highest BCUT2D eigenvalue weighted by Crippen LogP contribution is 2.28. The van der Waals surface area contributed by atoms with Gasteiger partial charge in [-0.15, -0.1) is 0 Å². The Kier molecular flexibility index (Phi) is 3.83. The first-order chi connectivity index (χ1) is 9.78. The number of Topliss-reactive ketones (excluding diaryl/α,β-unsaturated/α-hetero) is 1. The van der Waals surface area contributed by atoms with E-state index in [4.69, 9.17) is 0 Å². The van der Waals surface area contributed by atoms with Gasteiger partial charge in [-0.1, -0.05) is 36.4 Å². The molecule has 0 amide bonds. The van der Waals surface area contributed by atoms with E-state index in [0.29, 0.717) is 11.8 Å². The van der Waals surface area contributed by atoms with Crippen molar-refractivity contribution >= 4 is 16.6 Å². The maximum Gasteiger partial charge on any atom is 0.165 e. The Morgan fingerprint density at radius 1 is 1.00 bits per heavy atom. The summed E-state index contributed by atoms with van der Waals surface area (Å²) in [4.78, 5) is 12.6. The molecule has 1 aliphatic rings. The minimum atomic E-state index is 0.209. The zero-order valence-electron chi connectivity index (χ0n) is 11.9. The third-order valence-electron chi connectivity index (χ3n) is 4.54. The average Bonchev–Trinajstić information content (AvgIpc) is 2.54. The lowest BCUT2D eigenvalue weighted by molar-refractivity contribution is 0.0881. The van der Waals surface area contributed by atoms with Crippen LogP contribution in [0.3, 0.4) is 0 Å². The van der Waals surface area contributed by atoms with Crippen LogP contribution in [0.25, 0.3) is 10.8 Å². The standard InChI is InChI=1S/C18H21NO/c1-19-17-10-8-14(9-11-17)18(20)16-7-6-13-4-2-3-5-15(13)12-16/h2-7,12,14,17,19H,8-11H2,1H3. The molecule has 0 unspecified atom stereocenters. The van der Waals surface area contributed by atoms with Crippen LogP contribution in [0, 0.1) is 5.92 Å². The normalized spacial score (nSPS) is 22.9. The fourth-order valence-corrected chi connectivity index (χ4v) is 3.22. The molecule has 2 aromatic carbocycles. The summed E-state index contributed by atoms with van der Waals surface area (Å²) < 4.78 is 0. The molecule has 20 heavy (non-hydrogen) atoms. The Balaban J connectivity index is 1.79. The van der Waals surface area contributed by atoms with Gasteiger partial charge in [0.2, 0.25) is 0 Å². The highest BCUT2D eigenvalue weighted by atomic mass is 16.1. The lowest BCUT2D eigenvalue weighted by Gasteiger charge is -2.27. The van der Waals surface area contributed by atoms with E-state index in [9.17, 15) is 4.79 Å². The van der Waals surface area contributed by atoms with Crippen LogP contribution in [-0.2, 0) is 0 Å². The van der Waals surface area contributed by atoms with E-state index in [2.05, 4.69) is 23.5 Å². The van der Waals surface area contributed by atoms with Crippen LogP contribution in [0.4, 0.5) is 0 Å². The Morgan fingerprint density at radius 2 is 1.70 bits per heavy atom. The monoisotopic (exact) mass is 267 g/mol. The number of rotatable bonds is 3. The molecule has 1 aliphatic carbocycles. The van der Waals surface area contributed by atoms with Gasteiger partial charge in [0.25, 0.3) is 0 Å². The largest absolute Gasteiger partial charge is 0.317 e. The van der Waals surface area contributed by atoms with Gasteiger partial charge < -0.3 is 5.32 Å². The molecule has 2 heteroatoms. The average molecular weight is 267 g/mol. The number of hydrogen-bond donors (Lipinski definition) is 1. The highest BCUT2D eigenvalue weighted by molar-refractivity contribution is 6.01. The predicted molar refractivity (Wildman–Crippen MR) is 83.1 cm³/mol. The van der Waals surface area contributed by atoms with E-state index in [-0.39, 0.29) is 5.92 Å². The van der Waals surface area contributed by atoms with E-state index in [1.165, 1.54) is 5.39 Å². The van der Waals surface area contributed by atoms with Gasteiger partial charge in [-0.25, -0.2) is 0 Å². The molecule has 0 bridgehead atoms. The summed E-state index contributed by atoms with van der Waals surface area (Å²) in [5.74, 6) is 0.533. The van der Waals surface area contributed by atoms with Crippen molar-refractivity contribution < 1.29 is 4.79 Å². The second-order valence-electron chi connectivity index (χ2n) is 5.76. The fraction of sp³-hybridized carbons (Fsp3) is 0.389. The number of hydrogen-bond acceptors (Lipinski definition) is 2. The quantitative estimate of drug-likeness (QED) is 0.857. The Labute approximate surface area is 120 Å². The molecular formula is C18H21NO. The van der Waals surface area contributed by atoms with Crippen molar-refractivity contribution in [1.82, 2.24) is 5.32 Å². The SMILES string of the molecule is CNC1CCC(C(=O)c2ccc3ccccc3c2)CC1. The molecule has 1 N–H and O–H groups in total. The molecule has 0 radical (unpaired) electrons. The van der Waals surface area contributed by atoms with Gasteiger partial charge in [0, 0.05) is 17.5 Å². The van der Waals surface area contributed by atoms with Gasteiger partial charge >= 0.3 is 0 Å². The molecule has 0 heterocycles. The van der Waals surface area contributed by atoms with Crippen molar-refractivity contribution in [2.24, 2.45) is 5.92 Å². The minimum Gasteiger partial charge on any atom is -0.317 e. The van der Waals surface area contributed by atoms with Crippen LogP contribution < -0.4 is 5.32 Å². The Bertz CT molecular complexity index is 612. The predicted octanol–water partition coefficient (Wildman–Crippen LogP) is 3.80. The van der Waals surface area contributed by atoms with Crippen molar-refractivity contribution in [2.45, 2.75) is 31.7 Å². The topological polar surface area (TPSA) is 29.1 Å². The van der Waals surface area contributed by atoms with Gasteiger partial charge in [-0.2, -0.15) is 0 Å². The summed E-state index contributed by atoms with van der Waals surface area (Å²) >= 11 is 0. The van der Waals surface area contributed by atoms with Crippen LogP contribution in [-0.4, -0.2) is 18.9 Å². The lowest BCUT2D eigenvalue weighted by Crippen LogP contribution is -2.32. The summed E-state index contributed by atoms with van der Waals surface area (Å²) in [5.41, 5.74) is 0.872. The van der Waals surface area contributed by atoms with Crippen molar-refractivity contribution in [3.05, 3.63) is 48.0 Å². The van der Waals surface area contributed by atoms with E-state index >= 15 is 0 Å². The Morgan fingerprint density at radius 3 is 2.40 bits per heavy atom. The van der Waals surface area contributed by atoms with Gasteiger partial charge in [0.15, 0.2) is 5.78 Å². The molecule has 1 fully saturated rings. The number of carbonyl (C=O) groups excluding carboxylic acids is 1. The molecule has 3 rings (SSSR count). The highest BCUT2D eigenvalue weighted by Gasteiger charge is 2.26. The van der Waals surface area contributed by atoms with Gasteiger partial charge in [-0.05, 0) is 49.6 Å². The van der Waals surface area contributed by atoms with Crippen molar-refractivity contribution in [2.75, 3.05) is 7.05 Å². The van der Waals surface area contributed by atoms with Crippen LogP contribution in [0.2, 0.25) is 0 Å². The van der Waals surface area contributed by atoms with E-state index in [1.807, 2.05) is 31.3 Å². The zero-order chi connectivity index (χ0) is 13.9. The van der Waals surface area contributed by atoms with E-state index in [0.717, 1.165) is 36.6 Å². The molecule has 0 saturated heterocycles. The molecule has 1 saturated carbocycles. The third-order valence-corrected chi connectivity index (χ3v) is 4.54. The molecule has 104 valence electrons. The second kappa shape index (κ2) is 5.76. The smallest absolute Gasteiger partial charge is 0.165 e. The molecule has 0 aromatic heterocycles. The van der Waals surface area contributed by atoms with Crippen molar-refractivity contribution in [3.63, 3.8) is 0 Å². The molecule has 0 atom stereocenters. The summed E-state index contributed by atoms with van der Waals surface area (Å²) in [6.45, 7) is 0. The third kappa shape index (κ3) is 2.61. The maximum atomic E-state index is 12.6. The summed E-state index contributed by atoms with van der Waals surface area (Å²) in [6.07, 6.45) is 4.25. The summed E-state index contributed by atoms with van der Waals surface area (Å²) in [7, 11) is 2.01.